The third-order valence-corrected chi connectivity index (χ3v) is 4.69. The number of H-pyrrole nitrogens is 1. The summed E-state index contributed by atoms with van der Waals surface area (Å²) in [5, 5.41) is 17.2. The molecule has 0 aliphatic carbocycles. The van der Waals surface area contributed by atoms with E-state index >= 15 is 0 Å². The molecule has 0 spiro atoms. The monoisotopic (exact) mass is 323 g/mol. The molecule has 1 aromatic heterocycles. The van der Waals surface area contributed by atoms with Crippen molar-refractivity contribution in [2.45, 2.75) is 52.0 Å². The van der Waals surface area contributed by atoms with Crippen LogP contribution in [0.4, 0.5) is 0 Å². The maximum Gasteiger partial charge on any atom is 0.311 e. The minimum absolute atomic E-state index is 0.0138. The molecule has 1 unspecified atom stereocenters. The van der Waals surface area contributed by atoms with E-state index in [4.69, 9.17) is 4.74 Å². The Morgan fingerprint density at radius 1 is 1.52 bits per heavy atom. The summed E-state index contributed by atoms with van der Waals surface area (Å²) in [6.07, 6.45) is 2.18. The van der Waals surface area contributed by atoms with Gasteiger partial charge in [-0.1, -0.05) is 20.8 Å². The number of aliphatic carboxylic acids is 1. The SMILES string of the molecule is COCCC1(C(=O)O)CCCN(Cc2cc(C(C)(C)C)n[nH]2)C1. The first-order valence-electron chi connectivity index (χ1n) is 8.26. The lowest BCUT2D eigenvalue weighted by Gasteiger charge is -2.39. The molecule has 1 aliphatic rings. The van der Waals surface area contributed by atoms with Crippen molar-refractivity contribution in [1.82, 2.24) is 15.1 Å². The molecule has 1 saturated heterocycles. The van der Waals surface area contributed by atoms with Gasteiger partial charge in [-0.2, -0.15) is 5.10 Å². The van der Waals surface area contributed by atoms with Crippen LogP contribution in [-0.2, 0) is 21.5 Å². The number of aromatic nitrogens is 2. The van der Waals surface area contributed by atoms with Gasteiger partial charge in [-0.25, -0.2) is 0 Å². The molecule has 2 rings (SSSR count). The summed E-state index contributed by atoms with van der Waals surface area (Å²) in [5.74, 6) is -0.709. The molecule has 0 radical (unpaired) electrons. The third kappa shape index (κ3) is 4.32. The highest BCUT2D eigenvalue weighted by atomic mass is 16.5. The van der Waals surface area contributed by atoms with Gasteiger partial charge in [0.25, 0.3) is 0 Å². The van der Waals surface area contributed by atoms with Crippen molar-refractivity contribution in [2.75, 3.05) is 26.8 Å². The summed E-state index contributed by atoms with van der Waals surface area (Å²) in [6, 6.07) is 2.09. The minimum Gasteiger partial charge on any atom is -0.481 e. The van der Waals surface area contributed by atoms with E-state index in [1.54, 1.807) is 7.11 Å². The molecule has 1 atom stereocenters. The van der Waals surface area contributed by atoms with E-state index in [1.807, 2.05) is 0 Å². The van der Waals surface area contributed by atoms with E-state index in [0.717, 1.165) is 30.8 Å². The molecule has 1 aromatic rings. The van der Waals surface area contributed by atoms with Gasteiger partial charge in [0.1, 0.15) is 0 Å². The third-order valence-electron chi connectivity index (χ3n) is 4.69. The van der Waals surface area contributed by atoms with Crippen molar-refractivity contribution in [3.63, 3.8) is 0 Å². The first-order valence-corrected chi connectivity index (χ1v) is 8.26. The molecular formula is C17H29N3O3. The number of piperidine rings is 1. The van der Waals surface area contributed by atoms with E-state index in [2.05, 4.69) is 41.9 Å². The van der Waals surface area contributed by atoms with Crippen LogP contribution in [-0.4, -0.2) is 53.0 Å². The zero-order valence-corrected chi connectivity index (χ0v) is 14.7. The number of hydrogen-bond donors (Lipinski definition) is 2. The molecule has 1 aliphatic heterocycles. The summed E-state index contributed by atoms with van der Waals surface area (Å²) in [5.41, 5.74) is 1.40. The number of rotatable bonds is 6. The van der Waals surface area contributed by atoms with Crippen LogP contribution in [0.1, 0.15) is 51.4 Å². The highest BCUT2D eigenvalue weighted by molar-refractivity contribution is 5.75. The first kappa shape index (κ1) is 17.9. The zero-order chi connectivity index (χ0) is 17.1. The van der Waals surface area contributed by atoms with Gasteiger partial charge in [-0.15, -0.1) is 0 Å². The fourth-order valence-electron chi connectivity index (χ4n) is 3.21. The second-order valence-corrected chi connectivity index (χ2v) is 7.67. The number of nitrogens with zero attached hydrogens (tertiary/aromatic N) is 2. The Kier molecular flexibility index (Phi) is 5.47. The first-order chi connectivity index (χ1) is 10.8. The maximum atomic E-state index is 11.8. The molecule has 23 heavy (non-hydrogen) atoms. The number of carboxylic acids is 1. The Hall–Kier alpha value is -1.40. The number of carbonyl (C=O) groups is 1. The largest absolute Gasteiger partial charge is 0.481 e. The summed E-state index contributed by atoms with van der Waals surface area (Å²) >= 11 is 0. The highest BCUT2D eigenvalue weighted by Crippen LogP contribution is 2.34. The normalized spacial score (nSPS) is 23.1. The summed E-state index contributed by atoms with van der Waals surface area (Å²) in [7, 11) is 1.62. The lowest BCUT2D eigenvalue weighted by atomic mass is 9.77. The maximum absolute atomic E-state index is 11.8. The fraction of sp³-hybridized carbons (Fsp3) is 0.765. The van der Waals surface area contributed by atoms with E-state index < -0.39 is 11.4 Å². The van der Waals surface area contributed by atoms with E-state index in [1.165, 1.54) is 0 Å². The van der Waals surface area contributed by atoms with Crippen molar-refractivity contribution in [3.8, 4) is 0 Å². The van der Waals surface area contributed by atoms with Crippen molar-refractivity contribution < 1.29 is 14.6 Å². The molecule has 2 heterocycles. The van der Waals surface area contributed by atoms with Gasteiger partial charge in [0.05, 0.1) is 11.1 Å². The smallest absolute Gasteiger partial charge is 0.311 e. The Bertz CT molecular complexity index is 535. The topological polar surface area (TPSA) is 78.5 Å². The molecule has 0 amide bonds. The average molecular weight is 323 g/mol. The Labute approximate surface area is 138 Å². The number of carboxylic acid groups (broad SMARTS) is 1. The van der Waals surface area contributed by atoms with Crippen LogP contribution in [0.2, 0.25) is 0 Å². The number of aromatic amines is 1. The van der Waals surface area contributed by atoms with Crippen LogP contribution < -0.4 is 0 Å². The van der Waals surface area contributed by atoms with Gasteiger partial charge in [0.15, 0.2) is 0 Å². The minimum atomic E-state index is -0.709. The van der Waals surface area contributed by atoms with Crippen molar-refractivity contribution in [1.29, 1.82) is 0 Å². The van der Waals surface area contributed by atoms with Gasteiger partial charge in [0, 0.05) is 37.9 Å². The summed E-state index contributed by atoms with van der Waals surface area (Å²) in [4.78, 5) is 14.0. The number of nitrogens with one attached hydrogen (secondary N) is 1. The molecule has 130 valence electrons. The van der Waals surface area contributed by atoms with Crippen LogP contribution in [0.5, 0.6) is 0 Å². The number of hydrogen-bond acceptors (Lipinski definition) is 4. The molecule has 0 aromatic carbocycles. The van der Waals surface area contributed by atoms with Crippen molar-refractivity contribution >= 4 is 5.97 Å². The van der Waals surface area contributed by atoms with Crippen LogP contribution >= 0.6 is 0 Å². The van der Waals surface area contributed by atoms with Crippen LogP contribution in [0.25, 0.3) is 0 Å². The van der Waals surface area contributed by atoms with Crippen molar-refractivity contribution in [2.24, 2.45) is 5.41 Å². The van der Waals surface area contributed by atoms with E-state index in [9.17, 15) is 9.90 Å². The van der Waals surface area contributed by atoms with Gasteiger partial charge in [0.2, 0.25) is 0 Å². The predicted molar refractivity (Wildman–Crippen MR) is 88.4 cm³/mol. The highest BCUT2D eigenvalue weighted by Gasteiger charge is 2.42. The Morgan fingerprint density at radius 2 is 2.26 bits per heavy atom. The standard InChI is InChI=1S/C17H29N3O3/c1-16(2,3)14-10-13(18-19-14)11-20-8-5-6-17(12-20,15(21)22)7-9-23-4/h10H,5-9,11-12H2,1-4H3,(H,18,19)(H,21,22). The van der Waals surface area contributed by atoms with Crippen molar-refractivity contribution in [3.05, 3.63) is 17.5 Å². The molecule has 0 bridgehead atoms. The van der Waals surface area contributed by atoms with Crippen LogP contribution in [0.15, 0.2) is 6.07 Å². The number of methoxy groups -OCH3 is 1. The van der Waals surface area contributed by atoms with Gasteiger partial charge in [-0.3, -0.25) is 14.8 Å². The molecule has 0 saturated carbocycles. The van der Waals surface area contributed by atoms with Gasteiger partial charge >= 0.3 is 5.97 Å². The molecule has 1 fully saturated rings. The summed E-state index contributed by atoms with van der Waals surface area (Å²) in [6.45, 7) is 9.08. The fourth-order valence-corrected chi connectivity index (χ4v) is 3.21. The average Bonchev–Trinajstić information content (AvgIpc) is 2.94. The quantitative estimate of drug-likeness (QED) is 0.840. The number of likely N-dealkylation sites (tertiary alicyclic amines) is 1. The van der Waals surface area contributed by atoms with Crippen LogP contribution in [0.3, 0.4) is 0 Å². The molecule has 6 heteroatoms. The zero-order valence-electron chi connectivity index (χ0n) is 14.7. The predicted octanol–water partition coefficient (Wildman–Crippen LogP) is 2.41. The second-order valence-electron chi connectivity index (χ2n) is 7.67. The Balaban J connectivity index is 2.05. The lowest BCUT2D eigenvalue weighted by molar-refractivity contribution is -0.154. The molecule has 6 nitrogen and oxygen atoms in total. The van der Waals surface area contributed by atoms with E-state index in [0.29, 0.717) is 26.1 Å². The van der Waals surface area contributed by atoms with Gasteiger partial charge < -0.3 is 9.84 Å². The second kappa shape index (κ2) is 7.01. The molecular weight excluding hydrogens is 294 g/mol. The Morgan fingerprint density at radius 3 is 2.83 bits per heavy atom. The summed E-state index contributed by atoms with van der Waals surface area (Å²) < 4.78 is 5.12. The molecule has 2 N–H and O–H groups in total. The van der Waals surface area contributed by atoms with E-state index in [-0.39, 0.29) is 5.41 Å². The number of ether oxygens (including phenoxy) is 1. The van der Waals surface area contributed by atoms with Crippen LogP contribution in [0, 0.1) is 5.41 Å². The van der Waals surface area contributed by atoms with Gasteiger partial charge in [-0.05, 0) is 31.9 Å². The lowest BCUT2D eigenvalue weighted by Crippen LogP contribution is -2.48.